The quantitative estimate of drug-likeness (QED) is 0.189. The van der Waals surface area contributed by atoms with Crippen LogP contribution in [0.25, 0.3) is 22.3 Å². The monoisotopic (exact) mass is 484 g/mol. The van der Waals surface area contributed by atoms with Crippen LogP contribution in [0, 0.1) is 0 Å². The Morgan fingerprint density at radius 1 is 1.12 bits per heavy atom. The van der Waals surface area contributed by atoms with Crippen LogP contribution in [0.3, 0.4) is 0 Å². The Morgan fingerprint density at radius 3 is 2.79 bits per heavy atom. The van der Waals surface area contributed by atoms with E-state index >= 15 is 0 Å². The fourth-order valence-electron chi connectivity index (χ4n) is 3.60. The summed E-state index contributed by atoms with van der Waals surface area (Å²) in [6.45, 7) is 2.86. The number of hydrogen-bond acceptors (Lipinski definition) is 8. The lowest BCUT2D eigenvalue weighted by Gasteiger charge is -2.12. The van der Waals surface area contributed by atoms with E-state index in [1.54, 1.807) is 28.8 Å². The lowest BCUT2D eigenvalue weighted by molar-refractivity contribution is 0.174. The molecule has 8 nitrogen and oxygen atoms in total. The summed E-state index contributed by atoms with van der Waals surface area (Å²) in [6.07, 6.45) is 2.98. The van der Waals surface area contributed by atoms with E-state index in [-0.39, 0.29) is 12.4 Å². The van der Waals surface area contributed by atoms with Crippen molar-refractivity contribution in [2.24, 2.45) is 0 Å². The molecule has 0 bridgehead atoms. The van der Waals surface area contributed by atoms with Crippen molar-refractivity contribution in [2.75, 3.05) is 6.79 Å². The molecular formula is C23H21ClN4O4S. The SMILES string of the molecule is CCCCCn1c(SCc2nc(-c3cccc(Cl)c3)no2)nc2cc3c(cc2c1=O)OCO3. The first-order chi connectivity index (χ1) is 16.1. The number of thioether (sulfide) groups is 1. The Balaban J connectivity index is 1.44. The summed E-state index contributed by atoms with van der Waals surface area (Å²) < 4.78 is 18.0. The number of fused-ring (bicyclic) bond motifs is 2. The summed E-state index contributed by atoms with van der Waals surface area (Å²) in [5.74, 6) is 2.45. The highest BCUT2D eigenvalue weighted by molar-refractivity contribution is 7.98. The van der Waals surface area contributed by atoms with Gasteiger partial charge in [0.2, 0.25) is 18.5 Å². The zero-order valence-electron chi connectivity index (χ0n) is 17.9. The van der Waals surface area contributed by atoms with Crippen LogP contribution in [0.2, 0.25) is 5.02 Å². The van der Waals surface area contributed by atoms with Crippen molar-refractivity contribution in [1.29, 1.82) is 0 Å². The highest BCUT2D eigenvalue weighted by Crippen LogP contribution is 2.35. The number of nitrogens with zero attached hydrogens (tertiary/aromatic N) is 4. The molecule has 0 atom stereocenters. The molecule has 1 aliphatic heterocycles. The van der Waals surface area contributed by atoms with Crippen LogP contribution in [0.5, 0.6) is 11.5 Å². The highest BCUT2D eigenvalue weighted by Gasteiger charge is 2.20. The fraction of sp³-hybridized carbons (Fsp3) is 0.304. The lowest BCUT2D eigenvalue weighted by atomic mass is 10.2. The minimum Gasteiger partial charge on any atom is -0.454 e. The van der Waals surface area contributed by atoms with Gasteiger partial charge in [0.15, 0.2) is 16.7 Å². The van der Waals surface area contributed by atoms with E-state index in [1.165, 1.54) is 11.8 Å². The number of unbranched alkanes of at least 4 members (excludes halogenated alkanes) is 2. The van der Waals surface area contributed by atoms with E-state index in [4.69, 9.17) is 30.6 Å². The van der Waals surface area contributed by atoms with Crippen LogP contribution in [-0.2, 0) is 12.3 Å². The smallest absolute Gasteiger partial charge is 0.262 e. The van der Waals surface area contributed by atoms with Crippen LogP contribution in [0.1, 0.15) is 32.1 Å². The standard InChI is InChI=1S/C23H21ClN4O4S/c1-2-3-4-8-28-22(29)16-10-18-19(31-13-30-18)11-17(16)25-23(28)33-12-20-26-21(27-32-20)14-6-5-7-15(24)9-14/h5-7,9-11H,2-4,8,12-13H2,1H3. The van der Waals surface area contributed by atoms with Gasteiger partial charge >= 0.3 is 0 Å². The molecule has 2 aromatic heterocycles. The van der Waals surface area contributed by atoms with E-state index in [2.05, 4.69) is 17.1 Å². The largest absolute Gasteiger partial charge is 0.454 e. The summed E-state index contributed by atoms with van der Waals surface area (Å²) in [4.78, 5) is 22.6. The Hall–Kier alpha value is -3.04. The van der Waals surface area contributed by atoms with Gasteiger partial charge in [0.1, 0.15) is 0 Å². The molecule has 0 aliphatic carbocycles. The van der Waals surface area contributed by atoms with Crippen molar-refractivity contribution in [3.8, 4) is 22.9 Å². The number of benzene rings is 2. The molecule has 4 aromatic rings. The molecule has 0 fully saturated rings. The van der Waals surface area contributed by atoms with Crippen LogP contribution >= 0.6 is 23.4 Å². The maximum Gasteiger partial charge on any atom is 0.262 e. The molecule has 5 rings (SSSR count). The van der Waals surface area contributed by atoms with E-state index < -0.39 is 0 Å². The average Bonchev–Trinajstić information content (AvgIpc) is 3.47. The normalized spacial score (nSPS) is 12.5. The van der Waals surface area contributed by atoms with Crippen LogP contribution in [0.4, 0.5) is 0 Å². The van der Waals surface area contributed by atoms with Gasteiger partial charge in [0.05, 0.1) is 16.7 Å². The molecule has 0 unspecified atom stereocenters. The van der Waals surface area contributed by atoms with Crippen molar-refractivity contribution >= 4 is 34.3 Å². The predicted molar refractivity (Wildman–Crippen MR) is 126 cm³/mol. The van der Waals surface area contributed by atoms with Crippen molar-refractivity contribution in [3.63, 3.8) is 0 Å². The van der Waals surface area contributed by atoms with Crippen molar-refractivity contribution in [1.82, 2.24) is 19.7 Å². The zero-order chi connectivity index (χ0) is 22.8. The number of halogens is 1. The van der Waals surface area contributed by atoms with Gasteiger partial charge in [-0.2, -0.15) is 4.98 Å². The van der Waals surface area contributed by atoms with Crippen molar-refractivity contribution in [2.45, 2.75) is 43.6 Å². The first-order valence-corrected chi connectivity index (χ1v) is 12.0. The van der Waals surface area contributed by atoms with Crippen molar-refractivity contribution < 1.29 is 14.0 Å². The number of hydrogen-bond donors (Lipinski definition) is 0. The van der Waals surface area contributed by atoms with Crippen molar-refractivity contribution in [3.05, 3.63) is 57.7 Å². The molecule has 1 aliphatic rings. The molecule has 170 valence electrons. The summed E-state index contributed by atoms with van der Waals surface area (Å²) in [5.41, 5.74) is 1.25. The van der Waals surface area contributed by atoms with E-state index in [0.717, 1.165) is 24.8 Å². The molecular weight excluding hydrogens is 464 g/mol. The summed E-state index contributed by atoms with van der Waals surface area (Å²) in [6, 6.07) is 10.7. The van der Waals surface area contributed by atoms with Gasteiger partial charge in [-0.1, -0.05) is 60.4 Å². The molecule has 0 radical (unpaired) electrons. The Labute approximate surface area is 198 Å². The third kappa shape index (κ3) is 4.56. The second-order valence-corrected chi connectivity index (χ2v) is 8.97. The molecule has 0 spiro atoms. The van der Waals surface area contributed by atoms with Crippen LogP contribution in [-0.4, -0.2) is 26.5 Å². The second-order valence-electron chi connectivity index (χ2n) is 7.59. The Morgan fingerprint density at radius 2 is 1.97 bits per heavy atom. The minimum atomic E-state index is -0.0953. The van der Waals surface area contributed by atoms with Gasteiger partial charge in [-0.25, -0.2) is 4.98 Å². The number of aromatic nitrogens is 4. The summed E-state index contributed by atoms with van der Waals surface area (Å²) in [7, 11) is 0. The lowest BCUT2D eigenvalue weighted by Crippen LogP contribution is -2.23. The Bertz CT molecular complexity index is 1370. The minimum absolute atomic E-state index is 0.0953. The first kappa shape index (κ1) is 21.8. The molecule has 0 amide bonds. The predicted octanol–water partition coefficient (Wildman–Crippen LogP) is 5.31. The summed E-state index contributed by atoms with van der Waals surface area (Å²) >= 11 is 7.45. The highest BCUT2D eigenvalue weighted by atomic mass is 35.5. The second kappa shape index (κ2) is 9.44. The molecule has 0 saturated carbocycles. The van der Waals surface area contributed by atoms with E-state index in [9.17, 15) is 4.79 Å². The molecule has 3 heterocycles. The topological polar surface area (TPSA) is 92.3 Å². The maximum atomic E-state index is 13.3. The van der Waals surface area contributed by atoms with E-state index in [0.29, 0.717) is 56.6 Å². The Kier molecular flexibility index (Phi) is 6.24. The third-order valence-corrected chi connectivity index (χ3v) is 6.47. The molecule has 10 heteroatoms. The van der Waals surface area contributed by atoms with Crippen LogP contribution in [0.15, 0.2) is 50.9 Å². The van der Waals surface area contributed by atoms with Gasteiger partial charge in [-0.05, 0) is 24.6 Å². The van der Waals surface area contributed by atoms with Gasteiger partial charge in [0.25, 0.3) is 5.56 Å². The molecule has 2 aromatic carbocycles. The fourth-order valence-corrected chi connectivity index (χ4v) is 4.66. The number of rotatable bonds is 8. The van der Waals surface area contributed by atoms with Gasteiger partial charge in [0, 0.05) is 23.2 Å². The van der Waals surface area contributed by atoms with E-state index in [1.807, 2.05) is 12.1 Å². The zero-order valence-corrected chi connectivity index (χ0v) is 19.5. The molecule has 0 saturated heterocycles. The van der Waals surface area contributed by atoms with Gasteiger partial charge in [-0.3, -0.25) is 9.36 Å². The maximum absolute atomic E-state index is 13.3. The third-order valence-electron chi connectivity index (χ3n) is 5.27. The summed E-state index contributed by atoms with van der Waals surface area (Å²) in [5, 5.41) is 5.77. The average molecular weight is 485 g/mol. The first-order valence-electron chi connectivity index (χ1n) is 10.7. The van der Waals surface area contributed by atoms with Gasteiger partial charge < -0.3 is 14.0 Å². The molecule has 0 N–H and O–H groups in total. The molecule has 33 heavy (non-hydrogen) atoms. The number of ether oxygens (including phenoxy) is 2. The van der Waals surface area contributed by atoms with Crippen LogP contribution < -0.4 is 15.0 Å². The van der Waals surface area contributed by atoms with Gasteiger partial charge in [-0.15, -0.1) is 0 Å².